The van der Waals surface area contributed by atoms with Crippen molar-refractivity contribution in [3.63, 3.8) is 0 Å². The molecule has 0 bridgehead atoms. The number of para-hydroxylation sites is 1. The molecule has 3 aliphatic rings. The van der Waals surface area contributed by atoms with Gasteiger partial charge >= 0.3 is 12.4 Å². The Morgan fingerprint density at radius 3 is 2.64 bits per heavy atom. The molecule has 0 aliphatic carbocycles. The van der Waals surface area contributed by atoms with E-state index in [1.54, 1.807) is 0 Å². The van der Waals surface area contributed by atoms with E-state index in [9.17, 15) is 26.3 Å². The van der Waals surface area contributed by atoms with Crippen LogP contribution in [0.15, 0.2) is 36.4 Å². The van der Waals surface area contributed by atoms with E-state index in [-0.39, 0.29) is 36.7 Å². The van der Waals surface area contributed by atoms with Crippen molar-refractivity contribution in [3.8, 4) is 0 Å². The second-order valence-electron chi connectivity index (χ2n) is 8.71. The number of rotatable bonds is 3. The largest absolute Gasteiger partial charge is 0.416 e. The zero-order valence-electron chi connectivity index (χ0n) is 17.6. The Kier molecular flexibility index (Phi) is 5.57. The van der Waals surface area contributed by atoms with Gasteiger partial charge < -0.3 is 15.0 Å². The summed E-state index contributed by atoms with van der Waals surface area (Å²) in [4.78, 5) is 2.22. The summed E-state index contributed by atoms with van der Waals surface area (Å²) in [6.45, 7) is 2.09. The Labute approximate surface area is 186 Å². The molecule has 1 unspecified atom stereocenters. The van der Waals surface area contributed by atoms with Gasteiger partial charge in [0.15, 0.2) is 0 Å². The van der Waals surface area contributed by atoms with Gasteiger partial charge in [-0.1, -0.05) is 24.3 Å². The highest BCUT2D eigenvalue weighted by molar-refractivity contribution is 5.68. The molecule has 3 heterocycles. The fraction of sp³-hybridized carbons (Fsp3) is 0.478. The van der Waals surface area contributed by atoms with E-state index < -0.39 is 29.6 Å². The number of alkyl halides is 6. The summed E-state index contributed by atoms with van der Waals surface area (Å²) in [7, 11) is 0. The van der Waals surface area contributed by atoms with Crippen LogP contribution in [0.25, 0.3) is 0 Å². The zero-order valence-corrected chi connectivity index (χ0v) is 17.6. The van der Waals surface area contributed by atoms with E-state index in [1.807, 2.05) is 12.1 Å². The summed E-state index contributed by atoms with van der Waals surface area (Å²) in [6, 6.07) is 8.05. The fourth-order valence-corrected chi connectivity index (χ4v) is 5.31. The van der Waals surface area contributed by atoms with Crippen LogP contribution in [0.4, 0.5) is 32.0 Å². The van der Waals surface area contributed by atoms with E-state index in [2.05, 4.69) is 21.6 Å². The van der Waals surface area contributed by atoms with Crippen LogP contribution in [0.5, 0.6) is 0 Å². The average Bonchev–Trinajstić information content (AvgIpc) is 2.97. The monoisotopic (exact) mass is 471 g/mol. The van der Waals surface area contributed by atoms with Crippen molar-refractivity contribution in [2.75, 3.05) is 24.6 Å². The molecule has 4 nitrogen and oxygen atoms in total. The van der Waals surface area contributed by atoms with Crippen LogP contribution < -0.4 is 15.5 Å². The summed E-state index contributed by atoms with van der Waals surface area (Å²) in [5, 5.41) is 6.57. The van der Waals surface area contributed by atoms with Gasteiger partial charge in [-0.25, -0.2) is 0 Å². The SMILES string of the molecule is FC(F)(F)c1ccc(CNC2COCc3cccc4c3N2[C@H]2CCNC[C@@H]42)c(C(F)(F)F)c1. The molecule has 10 heteroatoms. The quantitative estimate of drug-likeness (QED) is 0.640. The lowest BCUT2D eigenvalue weighted by atomic mass is 9.89. The van der Waals surface area contributed by atoms with Crippen LogP contribution in [-0.2, 0) is 30.2 Å². The molecule has 178 valence electrons. The summed E-state index contributed by atoms with van der Waals surface area (Å²) in [5.41, 5.74) is 0.488. The molecule has 1 saturated heterocycles. The average molecular weight is 471 g/mol. The molecule has 0 spiro atoms. The number of nitrogens with one attached hydrogen (secondary N) is 2. The van der Waals surface area contributed by atoms with Crippen molar-refractivity contribution in [1.82, 2.24) is 10.6 Å². The van der Waals surface area contributed by atoms with E-state index in [0.717, 1.165) is 36.8 Å². The van der Waals surface area contributed by atoms with E-state index in [0.29, 0.717) is 12.7 Å². The van der Waals surface area contributed by atoms with Gasteiger partial charge in [0.25, 0.3) is 0 Å². The molecular formula is C23H23F6N3O. The maximum atomic E-state index is 13.6. The van der Waals surface area contributed by atoms with Gasteiger partial charge in [-0.15, -0.1) is 0 Å². The van der Waals surface area contributed by atoms with Crippen LogP contribution >= 0.6 is 0 Å². The molecular weight excluding hydrogens is 448 g/mol. The molecule has 33 heavy (non-hydrogen) atoms. The third-order valence-corrected chi connectivity index (χ3v) is 6.75. The molecule has 1 fully saturated rings. The molecule has 2 aromatic rings. The number of halogens is 6. The minimum atomic E-state index is -4.90. The predicted octanol–water partition coefficient (Wildman–Crippen LogP) is 4.64. The van der Waals surface area contributed by atoms with Crippen molar-refractivity contribution in [2.45, 2.75) is 50.1 Å². The number of hydrogen-bond acceptors (Lipinski definition) is 4. The zero-order chi connectivity index (χ0) is 23.4. The van der Waals surface area contributed by atoms with E-state index >= 15 is 0 Å². The number of hydrogen-bond donors (Lipinski definition) is 2. The summed E-state index contributed by atoms with van der Waals surface area (Å²) < 4.78 is 85.6. The smallest absolute Gasteiger partial charge is 0.373 e. The minimum absolute atomic E-state index is 0.177. The first-order valence-corrected chi connectivity index (χ1v) is 10.8. The third-order valence-electron chi connectivity index (χ3n) is 6.75. The maximum Gasteiger partial charge on any atom is 0.416 e. The van der Waals surface area contributed by atoms with Gasteiger partial charge in [0, 0.05) is 36.3 Å². The molecule has 0 amide bonds. The van der Waals surface area contributed by atoms with Gasteiger partial charge in [-0.05, 0) is 36.2 Å². The topological polar surface area (TPSA) is 36.5 Å². The predicted molar refractivity (Wildman–Crippen MR) is 110 cm³/mol. The first kappa shape index (κ1) is 22.5. The fourth-order valence-electron chi connectivity index (χ4n) is 5.31. The first-order chi connectivity index (χ1) is 15.6. The minimum Gasteiger partial charge on any atom is -0.373 e. The van der Waals surface area contributed by atoms with Crippen LogP contribution in [0.1, 0.15) is 40.2 Å². The third kappa shape index (κ3) is 4.08. The van der Waals surface area contributed by atoms with E-state index in [1.165, 1.54) is 5.56 Å². The Bertz CT molecular complexity index is 1040. The molecule has 2 aromatic carbocycles. The lowest BCUT2D eigenvalue weighted by Gasteiger charge is -2.39. The molecule has 2 N–H and O–H groups in total. The van der Waals surface area contributed by atoms with Crippen molar-refractivity contribution >= 4 is 5.69 Å². The highest BCUT2D eigenvalue weighted by atomic mass is 19.4. The second-order valence-corrected chi connectivity index (χ2v) is 8.71. The second kappa shape index (κ2) is 8.18. The van der Waals surface area contributed by atoms with Gasteiger partial charge in [-0.2, -0.15) is 26.3 Å². The van der Waals surface area contributed by atoms with Crippen molar-refractivity contribution in [1.29, 1.82) is 0 Å². The Balaban J connectivity index is 1.45. The van der Waals surface area contributed by atoms with Gasteiger partial charge in [-0.3, -0.25) is 5.32 Å². The molecule has 5 rings (SSSR count). The van der Waals surface area contributed by atoms with Crippen molar-refractivity contribution < 1.29 is 31.1 Å². The lowest BCUT2D eigenvalue weighted by Crippen LogP contribution is -2.54. The van der Waals surface area contributed by atoms with Crippen molar-refractivity contribution in [2.24, 2.45) is 0 Å². The summed E-state index contributed by atoms with van der Waals surface area (Å²) in [6.07, 6.45) is -9.26. The summed E-state index contributed by atoms with van der Waals surface area (Å²) in [5.74, 6) is 0.271. The number of piperidine rings is 1. The Morgan fingerprint density at radius 2 is 1.88 bits per heavy atom. The van der Waals surface area contributed by atoms with Gasteiger partial charge in [0.1, 0.15) is 6.17 Å². The Hall–Kier alpha value is -2.30. The lowest BCUT2D eigenvalue weighted by molar-refractivity contribution is -0.143. The number of nitrogens with zero attached hydrogens (tertiary/aromatic N) is 1. The van der Waals surface area contributed by atoms with Crippen molar-refractivity contribution in [3.05, 3.63) is 64.2 Å². The Morgan fingerprint density at radius 1 is 1.06 bits per heavy atom. The number of ether oxygens (including phenoxy) is 1. The standard InChI is InChI=1S/C23H23F6N3O/c24-22(25,26)15-5-4-13(18(8-15)23(27,28)29)9-31-20-12-33-11-14-2-1-3-16-17-10-30-7-6-19(17)32(20)21(14)16/h1-5,8,17,19-20,30-31H,6-7,9-12H2/t17-,19-,20?/m0/s1. The summed E-state index contributed by atoms with van der Waals surface area (Å²) >= 11 is 0. The van der Waals surface area contributed by atoms with Crippen LogP contribution in [0, 0.1) is 0 Å². The van der Waals surface area contributed by atoms with Crippen LogP contribution in [0.3, 0.4) is 0 Å². The van der Waals surface area contributed by atoms with Crippen LogP contribution in [-0.4, -0.2) is 31.9 Å². The molecule has 3 aliphatic heterocycles. The maximum absolute atomic E-state index is 13.6. The molecule has 0 radical (unpaired) electrons. The van der Waals surface area contributed by atoms with Gasteiger partial charge in [0.2, 0.25) is 0 Å². The normalized spacial score (nSPS) is 24.9. The highest BCUT2D eigenvalue weighted by Crippen LogP contribution is 2.47. The van der Waals surface area contributed by atoms with E-state index in [4.69, 9.17) is 4.74 Å². The molecule has 0 aromatic heterocycles. The molecule has 3 atom stereocenters. The first-order valence-electron chi connectivity index (χ1n) is 10.8. The number of anilines is 1. The number of benzene rings is 2. The van der Waals surface area contributed by atoms with Gasteiger partial charge in [0.05, 0.1) is 24.3 Å². The highest BCUT2D eigenvalue weighted by Gasteiger charge is 2.45. The van der Waals surface area contributed by atoms with Crippen LogP contribution in [0.2, 0.25) is 0 Å². The number of fused-ring (bicyclic) bond motifs is 3. The molecule has 0 saturated carbocycles.